The number of hydrogen-bond donors (Lipinski definition) is 2. The van der Waals surface area contributed by atoms with Gasteiger partial charge in [0.05, 0.1) is 24.8 Å². The minimum Gasteiger partial charge on any atom is -0.507 e. The Morgan fingerprint density at radius 2 is 1.82 bits per heavy atom. The molecule has 3 rings (SSSR count). The Bertz CT molecular complexity index is 923. The Morgan fingerprint density at radius 3 is 2.43 bits per heavy atom. The van der Waals surface area contributed by atoms with Crippen molar-refractivity contribution in [1.29, 1.82) is 0 Å². The van der Waals surface area contributed by atoms with Crippen molar-refractivity contribution in [3.63, 3.8) is 0 Å². The Morgan fingerprint density at radius 1 is 1.14 bits per heavy atom. The van der Waals surface area contributed by atoms with Gasteiger partial charge in [-0.25, -0.2) is 0 Å². The first-order valence-corrected chi connectivity index (χ1v) is 9.24. The summed E-state index contributed by atoms with van der Waals surface area (Å²) in [5.41, 5.74) is 0.822. The summed E-state index contributed by atoms with van der Waals surface area (Å²) in [6.45, 7) is 1.99. The van der Waals surface area contributed by atoms with Gasteiger partial charge in [-0.1, -0.05) is 29.8 Å². The van der Waals surface area contributed by atoms with Gasteiger partial charge in [-0.15, -0.1) is 0 Å². The minimum atomic E-state index is -0.882. The topological polar surface area (TPSA) is 87.1 Å². The molecule has 7 heteroatoms. The highest BCUT2D eigenvalue weighted by Gasteiger charge is 2.46. The normalized spacial score (nSPS) is 18.5. The van der Waals surface area contributed by atoms with Crippen LogP contribution in [0.25, 0.3) is 5.76 Å². The number of carbonyl (C=O) groups excluding carboxylic acids is 2. The molecule has 1 fully saturated rings. The fourth-order valence-electron chi connectivity index (χ4n) is 3.27. The number of ether oxygens (including phenoxy) is 1. The van der Waals surface area contributed by atoms with E-state index in [1.54, 1.807) is 48.5 Å². The number of ketones is 1. The number of Topliss-reactive ketones (excluding diaryl/α,β-unsaturated/α-hetero) is 1. The van der Waals surface area contributed by atoms with Crippen LogP contribution < -0.4 is 4.74 Å². The van der Waals surface area contributed by atoms with E-state index in [1.165, 1.54) is 4.90 Å². The lowest BCUT2D eigenvalue weighted by Crippen LogP contribution is -2.32. The monoisotopic (exact) mass is 401 g/mol. The molecule has 0 spiro atoms. The lowest BCUT2D eigenvalue weighted by molar-refractivity contribution is -0.140. The largest absolute Gasteiger partial charge is 0.507 e. The summed E-state index contributed by atoms with van der Waals surface area (Å²) in [5, 5.41) is 20.6. The molecular formula is C21H20ClNO5. The predicted molar refractivity (Wildman–Crippen MR) is 105 cm³/mol. The predicted octanol–water partition coefficient (Wildman–Crippen LogP) is 3.15. The van der Waals surface area contributed by atoms with Crippen molar-refractivity contribution in [1.82, 2.24) is 4.90 Å². The maximum absolute atomic E-state index is 12.7. The first-order valence-electron chi connectivity index (χ1n) is 8.86. The Balaban J connectivity index is 2.14. The smallest absolute Gasteiger partial charge is 0.295 e. The van der Waals surface area contributed by atoms with Crippen molar-refractivity contribution in [3.05, 3.63) is 70.3 Å². The molecule has 1 amide bonds. The van der Waals surface area contributed by atoms with E-state index in [1.807, 2.05) is 6.92 Å². The molecule has 0 bridgehead atoms. The van der Waals surface area contributed by atoms with Gasteiger partial charge in [0.25, 0.3) is 11.7 Å². The van der Waals surface area contributed by atoms with Crippen molar-refractivity contribution in [2.24, 2.45) is 0 Å². The fraction of sp³-hybridized carbons (Fsp3) is 0.238. The van der Waals surface area contributed by atoms with E-state index >= 15 is 0 Å². The summed E-state index contributed by atoms with van der Waals surface area (Å²) in [6.07, 6.45) is 0. The summed E-state index contributed by atoms with van der Waals surface area (Å²) in [6, 6.07) is 12.5. The van der Waals surface area contributed by atoms with Crippen LogP contribution in [0.15, 0.2) is 54.1 Å². The van der Waals surface area contributed by atoms with Crippen molar-refractivity contribution in [3.8, 4) is 5.75 Å². The first kappa shape index (κ1) is 19.9. The van der Waals surface area contributed by atoms with Crippen LogP contribution in [-0.2, 0) is 9.59 Å². The third kappa shape index (κ3) is 3.61. The van der Waals surface area contributed by atoms with Crippen molar-refractivity contribution >= 4 is 29.1 Å². The van der Waals surface area contributed by atoms with Crippen LogP contribution in [0.5, 0.6) is 5.75 Å². The van der Waals surface area contributed by atoms with E-state index in [-0.39, 0.29) is 24.5 Å². The number of benzene rings is 2. The maximum Gasteiger partial charge on any atom is 0.295 e. The molecule has 1 saturated heterocycles. The van der Waals surface area contributed by atoms with Crippen LogP contribution in [-0.4, -0.2) is 46.6 Å². The molecule has 0 radical (unpaired) electrons. The average molecular weight is 402 g/mol. The zero-order chi connectivity index (χ0) is 20.3. The van der Waals surface area contributed by atoms with Crippen molar-refractivity contribution < 1.29 is 24.5 Å². The summed E-state index contributed by atoms with van der Waals surface area (Å²) >= 11 is 6.30. The number of carbonyl (C=O) groups is 2. The maximum atomic E-state index is 12.7. The molecule has 1 heterocycles. The SMILES string of the molecule is CCOc1ccc(/C(O)=C2/C(=O)C(=O)N(CCO)C2c2ccccc2Cl)cc1. The van der Waals surface area contributed by atoms with Gasteiger partial charge in [0.2, 0.25) is 0 Å². The highest BCUT2D eigenvalue weighted by atomic mass is 35.5. The Kier molecular flexibility index (Phi) is 6.02. The quantitative estimate of drug-likeness (QED) is 0.441. The second-order valence-electron chi connectivity index (χ2n) is 6.19. The standard InChI is InChI=1S/C21H20ClNO5/c1-2-28-14-9-7-13(8-10-14)19(25)17-18(15-5-3-4-6-16(15)22)23(11-12-24)21(27)20(17)26/h3-10,18,24-25H,2,11-12H2,1H3/b19-17-. The third-order valence-electron chi connectivity index (χ3n) is 4.52. The molecule has 28 heavy (non-hydrogen) atoms. The van der Waals surface area contributed by atoms with Gasteiger partial charge in [-0.3, -0.25) is 9.59 Å². The average Bonchev–Trinajstić information content (AvgIpc) is 2.94. The van der Waals surface area contributed by atoms with E-state index in [4.69, 9.17) is 16.3 Å². The van der Waals surface area contributed by atoms with Crippen LogP contribution in [0.2, 0.25) is 5.02 Å². The summed E-state index contributed by atoms with van der Waals surface area (Å²) < 4.78 is 5.39. The highest BCUT2D eigenvalue weighted by molar-refractivity contribution is 6.47. The van der Waals surface area contributed by atoms with Gasteiger partial charge in [0.1, 0.15) is 11.5 Å². The second-order valence-corrected chi connectivity index (χ2v) is 6.60. The fourth-order valence-corrected chi connectivity index (χ4v) is 3.51. The molecule has 2 N–H and O–H groups in total. The van der Waals surface area contributed by atoms with Crippen LogP contribution >= 0.6 is 11.6 Å². The van der Waals surface area contributed by atoms with Crippen LogP contribution in [0, 0.1) is 0 Å². The minimum absolute atomic E-state index is 0.0550. The van der Waals surface area contributed by atoms with Crippen LogP contribution in [0.4, 0.5) is 0 Å². The van der Waals surface area contributed by atoms with Gasteiger partial charge in [0.15, 0.2) is 0 Å². The van der Waals surface area contributed by atoms with E-state index in [2.05, 4.69) is 0 Å². The summed E-state index contributed by atoms with van der Waals surface area (Å²) in [4.78, 5) is 26.5. The number of rotatable bonds is 6. The van der Waals surface area contributed by atoms with E-state index < -0.39 is 17.7 Å². The zero-order valence-electron chi connectivity index (χ0n) is 15.3. The second kappa shape index (κ2) is 8.46. The van der Waals surface area contributed by atoms with Crippen LogP contribution in [0.3, 0.4) is 0 Å². The zero-order valence-corrected chi connectivity index (χ0v) is 16.0. The molecule has 1 unspecified atom stereocenters. The number of aliphatic hydroxyl groups is 2. The molecule has 146 valence electrons. The molecule has 2 aromatic carbocycles. The number of hydrogen-bond acceptors (Lipinski definition) is 5. The molecule has 1 atom stereocenters. The van der Waals surface area contributed by atoms with Gasteiger partial charge < -0.3 is 19.8 Å². The van der Waals surface area contributed by atoms with Gasteiger partial charge in [-0.2, -0.15) is 0 Å². The Hall–Kier alpha value is -2.83. The number of halogens is 1. The number of nitrogens with zero attached hydrogens (tertiary/aromatic N) is 1. The lowest BCUT2D eigenvalue weighted by Gasteiger charge is -2.25. The Labute approximate surface area is 167 Å². The van der Waals surface area contributed by atoms with Gasteiger partial charge in [0, 0.05) is 17.1 Å². The number of amides is 1. The van der Waals surface area contributed by atoms with Gasteiger partial charge >= 0.3 is 0 Å². The third-order valence-corrected chi connectivity index (χ3v) is 4.86. The number of likely N-dealkylation sites (tertiary alicyclic amines) is 1. The molecule has 0 aliphatic carbocycles. The van der Waals surface area contributed by atoms with Crippen LogP contribution in [0.1, 0.15) is 24.1 Å². The number of β-amino-alcohol motifs (C(OH)–C–C–N with tert-alkyl or cyclic N) is 1. The molecule has 0 aromatic heterocycles. The van der Waals surface area contributed by atoms with E-state index in [0.717, 1.165) is 0 Å². The molecule has 0 saturated carbocycles. The first-order chi connectivity index (χ1) is 13.5. The molecule has 2 aromatic rings. The summed E-state index contributed by atoms with van der Waals surface area (Å²) in [7, 11) is 0. The molecule has 1 aliphatic rings. The van der Waals surface area contributed by atoms with Crippen molar-refractivity contribution in [2.45, 2.75) is 13.0 Å². The molecular weight excluding hydrogens is 382 g/mol. The highest BCUT2D eigenvalue weighted by Crippen LogP contribution is 2.41. The lowest BCUT2D eigenvalue weighted by atomic mass is 9.95. The van der Waals surface area contributed by atoms with E-state index in [9.17, 15) is 19.8 Å². The molecule has 1 aliphatic heterocycles. The summed E-state index contributed by atoms with van der Waals surface area (Å²) in [5.74, 6) is -1.27. The van der Waals surface area contributed by atoms with E-state index in [0.29, 0.717) is 28.5 Å². The van der Waals surface area contributed by atoms with Crippen molar-refractivity contribution in [2.75, 3.05) is 19.8 Å². The van der Waals surface area contributed by atoms with Gasteiger partial charge in [-0.05, 0) is 42.8 Å². The number of aliphatic hydroxyl groups excluding tert-OH is 2. The molecule has 6 nitrogen and oxygen atoms in total.